The smallest absolute Gasteiger partial charge is 0.0545 e. The van der Waals surface area contributed by atoms with Crippen molar-refractivity contribution < 1.29 is 0 Å². The van der Waals surface area contributed by atoms with Crippen molar-refractivity contribution in [1.29, 1.82) is 0 Å². The number of rotatable bonds is 4. The van der Waals surface area contributed by atoms with Crippen LogP contribution in [0, 0.1) is 0 Å². The Labute approximate surface area is 136 Å². The molecule has 1 unspecified atom stereocenters. The SMILES string of the molecule is CCCC1CN(Cc2ccc(Br)cn2)C2(CCCC2)CN1. The second-order valence-electron chi connectivity index (χ2n) is 6.65. The molecule has 0 amide bonds. The monoisotopic (exact) mass is 351 g/mol. The van der Waals surface area contributed by atoms with E-state index in [4.69, 9.17) is 0 Å². The average molecular weight is 352 g/mol. The minimum absolute atomic E-state index is 0.388. The second kappa shape index (κ2) is 6.76. The predicted molar refractivity (Wildman–Crippen MR) is 90.2 cm³/mol. The minimum Gasteiger partial charge on any atom is -0.311 e. The van der Waals surface area contributed by atoms with Gasteiger partial charge in [0.05, 0.1) is 5.69 Å². The first-order valence-electron chi connectivity index (χ1n) is 8.31. The Hall–Kier alpha value is -0.450. The number of piperazine rings is 1. The molecule has 2 fully saturated rings. The van der Waals surface area contributed by atoms with Gasteiger partial charge in [-0.2, -0.15) is 0 Å². The van der Waals surface area contributed by atoms with E-state index < -0.39 is 0 Å². The Morgan fingerprint density at radius 3 is 2.86 bits per heavy atom. The van der Waals surface area contributed by atoms with Gasteiger partial charge in [0.2, 0.25) is 0 Å². The van der Waals surface area contributed by atoms with Crippen LogP contribution in [0.2, 0.25) is 0 Å². The van der Waals surface area contributed by atoms with E-state index >= 15 is 0 Å². The lowest BCUT2D eigenvalue weighted by Gasteiger charge is -2.48. The number of nitrogens with zero attached hydrogens (tertiary/aromatic N) is 2. The summed E-state index contributed by atoms with van der Waals surface area (Å²) in [6.07, 6.45) is 9.90. The highest BCUT2D eigenvalue weighted by Crippen LogP contribution is 2.38. The molecule has 0 radical (unpaired) electrons. The molecule has 1 atom stereocenters. The van der Waals surface area contributed by atoms with Gasteiger partial charge in [0.1, 0.15) is 0 Å². The van der Waals surface area contributed by atoms with Crippen molar-refractivity contribution in [3.63, 3.8) is 0 Å². The molecule has 1 spiro atoms. The predicted octanol–water partition coefficient (Wildman–Crippen LogP) is 3.73. The van der Waals surface area contributed by atoms with E-state index in [0.29, 0.717) is 11.6 Å². The molecule has 4 heteroatoms. The Morgan fingerprint density at radius 1 is 1.38 bits per heavy atom. The van der Waals surface area contributed by atoms with Crippen molar-refractivity contribution >= 4 is 15.9 Å². The van der Waals surface area contributed by atoms with Gasteiger partial charge < -0.3 is 5.32 Å². The van der Waals surface area contributed by atoms with Gasteiger partial charge in [-0.25, -0.2) is 0 Å². The van der Waals surface area contributed by atoms with Gasteiger partial charge in [0.25, 0.3) is 0 Å². The Kier molecular flexibility index (Phi) is 4.97. The highest BCUT2D eigenvalue weighted by molar-refractivity contribution is 9.10. The maximum absolute atomic E-state index is 4.59. The lowest BCUT2D eigenvalue weighted by molar-refractivity contribution is 0.0328. The fourth-order valence-electron chi connectivity index (χ4n) is 3.97. The van der Waals surface area contributed by atoms with E-state index in [1.807, 2.05) is 6.20 Å². The largest absolute Gasteiger partial charge is 0.311 e. The van der Waals surface area contributed by atoms with Gasteiger partial charge in [-0.15, -0.1) is 0 Å². The van der Waals surface area contributed by atoms with E-state index in [1.165, 1.54) is 50.8 Å². The lowest BCUT2D eigenvalue weighted by Crippen LogP contribution is -2.63. The zero-order valence-electron chi connectivity index (χ0n) is 12.9. The standard InChI is InChI=1S/C17H26BrN3/c1-2-5-15-11-21(12-16-7-6-14(18)10-19-16)17(13-20-15)8-3-4-9-17/h6-7,10,15,20H,2-5,8-9,11-13H2,1H3. The molecule has 1 saturated heterocycles. The third-order valence-electron chi connectivity index (χ3n) is 5.14. The highest BCUT2D eigenvalue weighted by Gasteiger charge is 2.43. The summed E-state index contributed by atoms with van der Waals surface area (Å²) in [5.74, 6) is 0. The van der Waals surface area contributed by atoms with E-state index in [0.717, 1.165) is 17.6 Å². The molecule has 1 aliphatic heterocycles. The second-order valence-corrected chi connectivity index (χ2v) is 7.56. The van der Waals surface area contributed by atoms with Crippen molar-refractivity contribution in [1.82, 2.24) is 15.2 Å². The summed E-state index contributed by atoms with van der Waals surface area (Å²) >= 11 is 3.47. The van der Waals surface area contributed by atoms with E-state index in [2.05, 4.69) is 50.2 Å². The normalized spacial score (nSPS) is 25.5. The molecule has 2 heterocycles. The fourth-order valence-corrected chi connectivity index (χ4v) is 4.20. The number of hydrogen-bond donors (Lipinski definition) is 1. The first kappa shape index (κ1) is 15.4. The lowest BCUT2D eigenvalue weighted by atomic mass is 9.90. The van der Waals surface area contributed by atoms with E-state index in [-0.39, 0.29) is 0 Å². The van der Waals surface area contributed by atoms with Gasteiger partial charge in [-0.1, -0.05) is 26.2 Å². The zero-order valence-corrected chi connectivity index (χ0v) is 14.5. The molecule has 0 bridgehead atoms. The topological polar surface area (TPSA) is 28.2 Å². The van der Waals surface area contributed by atoms with Gasteiger partial charge in [-0.05, 0) is 47.3 Å². The van der Waals surface area contributed by atoms with Gasteiger partial charge in [0.15, 0.2) is 0 Å². The van der Waals surface area contributed by atoms with Crippen LogP contribution in [-0.4, -0.2) is 34.6 Å². The summed E-state index contributed by atoms with van der Waals surface area (Å²) in [5.41, 5.74) is 1.58. The summed E-state index contributed by atoms with van der Waals surface area (Å²) in [4.78, 5) is 7.32. The minimum atomic E-state index is 0.388. The molecule has 3 rings (SSSR count). The summed E-state index contributed by atoms with van der Waals surface area (Å²) in [6, 6.07) is 4.91. The van der Waals surface area contributed by atoms with Gasteiger partial charge >= 0.3 is 0 Å². The number of aromatic nitrogens is 1. The molecule has 1 saturated carbocycles. The quantitative estimate of drug-likeness (QED) is 0.895. The summed E-state index contributed by atoms with van der Waals surface area (Å²) in [5, 5.41) is 3.81. The summed E-state index contributed by atoms with van der Waals surface area (Å²) in [6.45, 7) is 5.61. The molecule has 116 valence electrons. The first-order chi connectivity index (χ1) is 10.2. The Morgan fingerprint density at radius 2 is 2.19 bits per heavy atom. The van der Waals surface area contributed by atoms with Crippen molar-refractivity contribution in [2.45, 2.75) is 63.6 Å². The maximum Gasteiger partial charge on any atom is 0.0545 e. The molecule has 2 aliphatic rings. The van der Waals surface area contributed by atoms with Crippen LogP contribution < -0.4 is 5.32 Å². The van der Waals surface area contributed by atoms with E-state index in [1.54, 1.807) is 0 Å². The number of halogens is 1. The van der Waals surface area contributed by atoms with Crippen molar-refractivity contribution in [2.75, 3.05) is 13.1 Å². The number of hydrogen-bond acceptors (Lipinski definition) is 3. The van der Waals surface area contributed by atoms with Gasteiger partial charge in [-0.3, -0.25) is 9.88 Å². The Bertz CT molecular complexity index is 454. The van der Waals surface area contributed by atoms with Crippen LogP contribution in [-0.2, 0) is 6.54 Å². The molecule has 0 aromatic carbocycles. The molecule has 3 nitrogen and oxygen atoms in total. The average Bonchev–Trinajstić information content (AvgIpc) is 2.95. The molecule has 1 N–H and O–H groups in total. The first-order valence-corrected chi connectivity index (χ1v) is 9.10. The highest BCUT2D eigenvalue weighted by atomic mass is 79.9. The zero-order chi connectivity index (χ0) is 14.7. The summed E-state index contributed by atoms with van der Waals surface area (Å²) < 4.78 is 1.06. The summed E-state index contributed by atoms with van der Waals surface area (Å²) in [7, 11) is 0. The Balaban J connectivity index is 1.74. The third kappa shape index (κ3) is 3.49. The van der Waals surface area contributed by atoms with Crippen molar-refractivity contribution in [3.8, 4) is 0 Å². The van der Waals surface area contributed by atoms with Crippen LogP contribution in [0.5, 0.6) is 0 Å². The number of nitrogens with one attached hydrogen (secondary N) is 1. The van der Waals surface area contributed by atoms with Crippen LogP contribution in [0.25, 0.3) is 0 Å². The molecule has 21 heavy (non-hydrogen) atoms. The van der Waals surface area contributed by atoms with E-state index in [9.17, 15) is 0 Å². The third-order valence-corrected chi connectivity index (χ3v) is 5.61. The molecule has 1 aromatic rings. The maximum atomic E-state index is 4.59. The fraction of sp³-hybridized carbons (Fsp3) is 0.706. The van der Waals surface area contributed by atoms with Gasteiger partial charge in [0, 0.05) is 41.9 Å². The van der Waals surface area contributed by atoms with Crippen LogP contribution in [0.3, 0.4) is 0 Å². The van der Waals surface area contributed by atoms with Crippen LogP contribution in [0.15, 0.2) is 22.8 Å². The molecular formula is C17H26BrN3. The van der Waals surface area contributed by atoms with Crippen LogP contribution in [0.4, 0.5) is 0 Å². The molecular weight excluding hydrogens is 326 g/mol. The molecule has 1 aromatic heterocycles. The molecule has 1 aliphatic carbocycles. The van der Waals surface area contributed by atoms with Crippen molar-refractivity contribution in [3.05, 3.63) is 28.5 Å². The van der Waals surface area contributed by atoms with Crippen LogP contribution >= 0.6 is 15.9 Å². The number of pyridine rings is 1. The van der Waals surface area contributed by atoms with Crippen LogP contribution in [0.1, 0.15) is 51.1 Å². The van der Waals surface area contributed by atoms with Crippen molar-refractivity contribution in [2.24, 2.45) is 0 Å².